The largest absolute Gasteiger partial charge is 0.250 e. The van der Waals surface area contributed by atoms with E-state index in [1.54, 1.807) is 21.8 Å². The number of rotatable bonds is 6. The first-order valence-electron chi connectivity index (χ1n) is 13.2. The molecule has 0 bridgehead atoms. The first-order valence-corrected chi connectivity index (χ1v) is 14.0. The molecule has 10 heteroatoms. The van der Waals surface area contributed by atoms with Crippen LogP contribution < -0.4 is 0 Å². The Morgan fingerprint density at radius 3 is 1.36 bits per heavy atom. The van der Waals surface area contributed by atoms with Crippen LogP contribution in [0.25, 0.3) is 22.8 Å². The van der Waals surface area contributed by atoms with Crippen molar-refractivity contribution < 1.29 is 0 Å². The Morgan fingerprint density at radius 1 is 0.571 bits per heavy atom. The second-order valence-electron chi connectivity index (χ2n) is 9.38. The quantitative estimate of drug-likeness (QED) is 0.155. The summed E-state index contributed by atoms with van der Waals surface area (Å²) in [7, 11) is 0. The topological polar surface area (TPSA) is 91.9 Å². The van der Waals surface area contributed by atoms with Gasteiger partial charge in [0.25, 0.3) is 0 Å². The van der Waals surface area contributed by atoms with Gasteiger partial charge in [-0.1, -0.05) is 108 Å². The van der Waals surface area contributed by atoms with Crippen molar-refractivity contribution in [2.75, 3.05) is 0 Å². The molecular weight excluding hydrogens is 561 g/mol. The molecule has 6 rings (SSSR count). The van der Waals surface area contributed by atoms with Crippen molar-refractivity contribution >= 4 is 36.9 Å². The van der Waals surface area contributed by atoms with Crippen LogP contribution in [0.1, 0.15) is 22.3 Å². The molecule has 0 radical (unpaired) electrons. The van der Waals surface area contributed by atoms with Crippen LogP contribution in [0.2, 0.25) is 0 Å². The van der Waals surface area contributed by atoms with E-state index in [2.05, 4.69) is 42.7 Å². The molecule has 0 aliphatic carbocycles. The third-order valence-electron chi connectivity index (χ3n) is 6.10. The van der Waals surface area contributed by atoms with E-state index in [0.717, 1.165) is 22.3 Å². The van der Waals surface area contributed by atoms with E-state index in [1.165, 1.54) is 11.1 Å². The van der Waals surface area contributed by atoms with Crippen molar-refractivity contribution in [3.8, 4) is 22.8 Å². The van der Waals surface area contributed by atoms with E-state index in [-0.39, 0.29) is 0 Å². The molecule has 0 saturated carbocycles. The van der Waals surface area contributed by atoms with Crippen molar-refractivity contribution in [2.24, 2.45) is 10.2 Å². The van der Waals surface area contributed by atoms with Crippen molar-refractivity contribution in [1.82, 2.24) is 29.7 Å². The van der Waals surface area contributed by atoms with Crippen LogP contribution >= 0.6 is 24.4 Å². The number of nitrogens with zero attached hydrogens (tertiary/aromatic N) is 6. The van der Waals surface area contributed by atoms with Crippen LogP contribution in [-0.2, 0) is 0 Å². The molecular formula is C32H28N8S2. The highest BCUT2D eigenvalue weighted by molar-refractivity contribution is 7.71. The second-order valence-corrected chi connectivity index (χ2v) is 10.2. The Hall–Kier alpha value is -5.06. The maximum absolute atomic E-state index is 5.25. The Morgan fingerprint density at radius 2 is 0.976 bits per heavy atom. The summed E-state index contributed by atoms with van der Waals surface area (Å²) in [5, 5.41) is 23.0. The molecule has 2 aromatic heterocycles. The molecule has 42 heavy (non-hydrogen) atoms. The zero-order chi connectivity index (χ0) is 29.3. The molecule has 0 aliphatic rings. The van der Waals surface area contributed by atoms with Crippen LogP contribution in [0.4, 0.5) is 0 Å². The highest BCUT2D eigenvalue weighted by atomic mass is 32.1. The summed E-state index contributed by atoms with van der Waals surface area (Å²) in [4.78, 5) is 0. The Balaban J connectivity index is 0.000000168. The minimum absolute atomic E-state index is 0.471. The lowest BCUT2D eigenvalue weighted by Crippen LogP contribution is -1.95. The summed E-state index contributed by atoms with van der Waals surface area (Å²) in [6.07, 6.45) is 3.54. The summed E-state index contributed by atoms with van der Waals surface area (Å²) >= 11 is 10.5. The smallest absolute Gasteiger partial charge is 0.216 e. The van der Waals surface area contributed by atoms with E-state index in [1.807, 2.05) is 111 Å². The van der Waals surface area contributed by atoms with Crippen LogP contribution in [0.15, 0.2) is 119 Å². The SMILES string of the molecule is Cc1cccc(-c2n[nH]c(=S)n2N=Cc2ccccc2)c1.Cc1cccc(-c2n[nH]c(=S)n2N=Cc2ccccc2)c1. The summed E-state index contributed by atoms with van der Waals surface area (Å²) in [6.45, 7) is 4.09. The van der Waals surface area contributed by atoms with Gasteiger partial charge in [0.1, 0.15) is 0 Å². The predicted molar refractivity (Wildman–Crippen MR) is 174 cm³/mol. The van der Waals surface area contributed by atoms with E-state index < -0.39 is 0 Å². The fourth-order valence-corrected chi connectivity index (χ4v) is 4.43. The van der Waals surface area contributed by atoms with Gasteiger partial charge < -0.3 is 0 Å². The summed E-state index contributed by atoms with van der Waals surface area (Å²) in [6, 6.07) is 35.9. The van der Waals surface area contributed by atoms with Gasteiger partial charge in [-0.15, -0.1) is 0 Å². The number of aryl methyl sites for hydroxylation is 2. The van der Waals surface area contributed by atoms with Gasteiger partial charge >= 0.3 is 0 Å². The first-order chi connectivity index (χ1) is 20.5. The molecule has 2 heterocycles. The van der Waals surface area contributed by atoms with Crippen LogP contribution in [-0.4, -0.2) is 42.2 Å². The zero-order valence-electron chi connectivity index (χ0n) is 23.0. The van der Waals surface area contributed by atoms with Gasteiger partial charge in [-0.2, -0.15) is 29.8 Å². The number of hydrogen-bond donors (Lipinski definition) is 2. The molecule has 0 spiro atoms. The third kappa shape index (κ3) is 7.17. The Bertz CT molecular complexity index is 1800. The zero-order valence-corrected chi connectivity index (χ0v) is 24.7. The van der Waals surface area contributed by atoms with Gasteiger partial charge in [-0.3, -0.25) is 0 Å². The lowest BCUT2D eigenvalue weighted by atomic mass is 10.1. The van der Waals surface area contributed by atoms with E-state index >= 15 is 0 Å². The fourth-order valence-electron chi connectivity index (χ4n) is 4.07. The average molecular weight is 589 g/mol. The van der Waals surface area contributed by atoms with Gasteiger partial charge in [-0.05, 0) is 61.5 Å². The normalized spacial score (nSPS) is 11.1. The highest BCUT2D eigenvalue weighted by Gasteiger charge is 2.09. The summed E-state index contributed by atoms with van der Waals surface area (Å²) in [5.74, 6) is 1.41. The first kappa shape index (κ1) is 28.5. The lowest BCUT2D eigenvalue weighted by molar-refractivity contribution is 0.871. The van der Waals surface area contributed by atoms with Crippen LogP contribution in [0.3, 0.4) is 0 Å². The third-order valence-corrected chi connectivity index (χ3v) is 6.63. The summed E-state index contributed by atoms with van der Waals surface area (Å²) in [5.41, 5.74) is 6.31. The van der Waals surface area contributed by atoms with Crippen molar-refractivity contribution in [3.63, 3.8) is 0 Å². The molecule has 8 nitrogen and oxygen atoms in total. The number of H-pyrrole nitrogens is 2. The van der Waals surface area contributed by atoms with Gasteiger partial charge in [0.05, 0.1) is 12.4 Å². The van der Waals surface area contributed by atoms with E-state index in [0.29, 0.717) is 21.2 Å². The van der Waals surface area contributed by atoms with Gasteiger partial charge in [0, 0.05) is 11.1 Å². The molecule has 2 N–H and O–H groups in total. The molecule has 6 aromatic rings. The minimum atomic E-state index is 0.471. The van der Waals surface area contributed by atoms with Crippen LogP contribution in [0, 0.1) is 23.4 Å². The fraction of sp³-hybridized carbons (Fsp3) is 0.0625. The Kier molecular flexibility index (Phi) is 9.17. The van der Waals surface area contributed by atoms with Gasteiger partial charge in [0.15, 0.2) is 11.6 Å². The highest BCUT2D eigenvalue weighted by Crippen LogP contribution is 2.19. The molecule has 0 atom stereocenters. The summed E-state index contributed by atoms with van der Waals surface area (Å²) < 4.78 is 4.21. The monoisotopic (exact) mass is 588 g/mol. The number of hydrogen-bond acceptors (Lipinski definition) is 6. The molecule has 0 unspecified atom stereocenters. The molecule has 0 saturated heterocycles. The predicted octanol–water partition coefficient (Wildman–Crippen LogP) is 7.60. The van der Waals surface area contributed by atoms with Crippen LogP contribution in [0.5, 0.6) is 0 Å². The lowest BCUT2D eigenvalue weighted by Gasteiger charge is -2.02. The van der Waals surface area contributed by atoms with Crippen molar-refractivity contribution in [3.05, 3.63) is 141 Å². The number of benzene rings is 4. The maximum atomic E-state index is 5.25. The average Bonchev–Trinajstić information content (AvgIpc) is 3.57. The Labute approximate surface area is 253 Å². The minimum Gasteiger partial charge on any atom is -0.250 e. The molecule has 0 aliphatic heterocycles. The molecule has 0 fully saturated rings. The van der Waals surface area contributed by atoms with Gasteiger partial charge in [0.2, 0.25) is 9.54 Å². The molecule has 0 amide bonds. The number of aromatic amines is 2. The van der Waals surface area contributed by atoms with Crippen molar-refractivity contribution in [2.45, 2.75) is 13.8 Å². The maximum Gasteiger partial charge on any atom is 0.216 e. The molecule has 208 valence electrons. The number of aromatic nitrogens is 6. The molecule has 4 aromatic carbocycles. The standard InChI is InChI=1S/2C16H14N4S/c2*1-12-6-5-9-14(10-12)15-18-19-16(21)20(15)17-11-13-7-3-2-4-8-13/h2*2-11H,1H3,(H,19,21). The number of nitrogens with one attached hydrogen (secondary N) is 2. The van der Waals surface area contributed by atoms with Gasteiger partial charge in [-0.25, -0.2) is 10.2 Å². The second kappa shape index (κ2) is 13.5. The van der Waals surface area contributed by atoms with Crippen molar-refractivity contribution in [1.29, 1.82) is 0 Å². The van der Waals surface area contributed by atoms with E-state index in [4.69, 9.17) is 24.4 Å². The van der Waals surface area contributed by atoms with E-state index in [9.17, 15) is 0 Å².